The summed E-state index contributed by atoms with van der Waals surface area (Å²) in [6.07, 6.45) is 0. The second kappa shape index (κ2) is 7.71. The van der Waals surface area contributed by atoms with Crippen LogP contribution in [0.15, 0.2) is 48.5 Å². The van der Waals surface area contributed by atoms with Gasteiger partial charge in [-0.05, 0) is 23.8 Å². The molecule has 27 heavy (non-hydrogen) atoms. The molecule has 2 aromatic carbocycles. The highest BCUT2D eigenvalue weighted by Gasteiger charge is 2.21. The minimum Gasteiger partial charge on any atom is -0.340 e. The number of benzene rings is 2. The molecule has 4 rings (SSSR count). The number of carbonyl (C=O) groups excluding carboxylic acids is 1. The highest BCUT2D eigenvalue weighted by Crippen LogP contribution is 2.23. The summed E-state index contributed by atoms with van der Waals surface area (Å²) in [6.45, 7) is 6.48. The zero-order chi connectivity index (χ0) is 18.8. The van der Waals surface area contributed by atoms with Crippen LogP contribution in [-0.2, 0) is 17.9 Å². The van der Waals surface area contributed by atoms with Crippen molar-refractivity contribution in [2.75, 3.05) is 26.2 Å². The van der Waals surface area contributed by atoms with Gasteiger partial charge in [-0.15, -0.1) is 0 Å². The lowest BCUT2D eigenvalue weighted by Crippen LogP contribution is -2.47. The smallest absolute Gasteiger partial charge is 0.219 e. The van der Waals surface area contributed by atoms with E-state index in [4.69, 9.17) is 16.6 Å². The van der Waals surface area contributed by atoms with Crippen LogP contribution < -0.4 is 0 Å². The molecule has 0 atom stereocenters. The van der Waals surface area contributed by atoms with Crippen LogP contribution in [0.5, 0.6) is 0 Å². The number of rotatable bonds is 4. The lowest BCUT2D eigenvalue weighted by molar-refractivity contribution is -0.130. The van der Waals surface area contributed by atoms with E-state index in [2.05, 4.69) is 33.7 Å². The van der Waals surface area contributed by atoms with Gasteiger partial charge in [0.1, 0.15) is 5.82 Å². The number of hydrogen-bond donors (Lipinski definition) is 0. The van der Waals surface area contributed by atoms with E-state index in [1.807, 2.05) is 29.2 Å². The highest BCUT2D eigenvalue weighted by molar-refractivity contribution is 6.31. The van der Waals surface area contributed by atoms with E-state index in [0.29, 0.717) is 5.02 Å². The topological polar surface area (TPSA) is 41.4 Å². The summed E-state index contributed by atoms with van der Waals surface area (Å²) in [5.74, 6) is 1.19. The van der Waals surface area contributed by atoms with Gasteiger partial charge in [-0.2, -0.15) is 0 Å². The number of nitrogens with zero attached hydrogens (tertiary/aromatic N) is 4. The van der Waals surface area contributed by atoms with Crippen LogP contribution in [0.1, 0.15) is 18.3 Å². The molecule has 0 unspecified atom stereocenters. The number of halogens is 1. The largest absolute Gasteiger partial charge is 0.340 e. The van der Waals surface area contributed by atoms with Crippen LogP contribution in [-0.4, -0.2) is 51.4 Å². The number of piperazine rings is 1. The van der Waals surface area contributed by atoms with Crippen molar-refractivity contribution in [3.63, 3.8) is 0 Å². The van der Waals surface area contributed by atoms with Crippen LogP contribution in [0.4, 0.5) is 0 Å². The number of carbonyl (C=O) groups is 1. The number of hydrogen-bond acceptors (Lipinski definition) is 3. The molecule has 1 aromatic heterocycles. The van der Waals surface area contributed by atoms with E-state index in [1.54, 1.807) is 6.92 Å². The molecule has 0 spiro atoms. The molecule has 5 nitrogen and oxygen atoms in total. The van der Waals surface area contributed by atoms with E-state index in [-0.39, 0.29) is 5.91 Å². The van der Waals surface area contributed by atoms with Crippen molar-refractivity contribution >= 4 is 28.5 Å². The Morgan fingerprint density at radius 1 is 1.04 bits per heavy atom. The van der Waals surface area contributed by atoms with Crippen molar-refractivity contribution < 1.29 is 4.79 Å². The molecule has 0 saturated carbocycles. The Bertz CT molecular complexity index is 945. The number of aromatic nitrogens is 2. The minimum atomic E-state index is 0.153. The van der Waals surface area contributed by atoms with E-state index in [9.17, 15) is 4.79 Å². The molecular formula is C21H23ClN4O. The Morgan fingerprint density at radius 2 is 1.78 bits per heavy atom. The van der Waals surface area contributed by atoms with Crippen molar-refractivity contribution in [3.05, 3.63) is 64.9 Å². The Kier molecular flexibility index (Phi) is 5.14. The van der Waals surface area contributed by atoms with Crippen LogP contribution in [0.3, 0.4) is 0 Å². The van der Waals surface area contributed by atoms with Gasteiger partial charge in [-0.3, -0.25) is 9.69 Å². The van der Waals surface area contributed by atoms with E-state index < -0.39 is 0 Å². The fourth-order valence-corrected chi connectivity index (χ4v) is 3.80. The maximum atomic E-state index is 11.5. The quantitative estimate of drug-likeness (QED) is 0.694. The second-order valence-electron chi connectivity index (χ2n) is 7.02. The SMILES string of the molecule is CC(=O)N1CCN(Cc2nc3cc(Cl)ccc3n2Cc2ccccc2)CC1. The van der Waals surface area contributed by atoms with Gasteiger partial charge in [0.25, 0.3) is 0 Å². The summed E-state index contributed by atoms with van der Waals surface area (Å²) in [6, 6.07) is 16.3. The number of amides is 1. The molecule has 1 amide bonds. The van der Waals surface area contributed by atoms with Gasteiger partial charge in [-0.25, -0.2) is 4.98 Å². The van der Waals surface area contributed by atoms with Gasteiger partial charge in [0.05, 0.1) is 17.6 Å². The van der Waals surface area contributed by atoms with E-state index in [0.717, 1.165) is 56.1 Å². The van der Waals surface area contributed by atoms with Gasteiger partial charge < -0.3 is 9.47 Å². The molecule has 140 valence electrons. The summed E-state index contributed by atoms with van der Waals surface area (Å²) in [5, 5.41) is 0.702. The second-order valence-corrected chi connectivity index (χ2v) is 7.45. The molecule has 1 aliphatic heterocycles. The molecule has 1 aliphatic rings. The van der Waals surface area contributed by atoms with Gasteiger partial charge in [0.2, 0.25) is 5.91 Å². The Balaban J connectivity index is 1.61. The fraction of sp³-hybridized carbons (Fsp3) is 0.333. The van der Waals surface area contributed by atoms with Crippen molar-refractivity contribution in [1.29, 1.82) is 0 Å². The molecule has 0 N–H and O–H groups in total. The molecule has 0 aliphatic carbocycles. The first-order valence-electron chi connectivity index (χ1n) is 9.26. The third kappa shape index (κ3) is 3.99. The number of fused-ring (bicyclic) bond motifs is 1. The summed E-state index contributed by atoms with van der Waals surface area (Å²) >= 11 is 6.18. The molecule has 0 radical (unpaired) electrons. The predicted octanol–water partition coefficient (Wildman–Crippen LogP) is 3.40. The first-order chi connectivity index (χ1) is 13.1. The Morgan fingerprint density at radius 3 is 2.48 bits per heavy atom. The Labute approximate surface area is 164 Å². The zero-order valence-electron chi connectivity index (χ0n) is 15.4. The van der Waals surface area contributed by atoms with Crippen LogP contribution in [0, 0.1) is 0 Å². The third-order valence-corrected chi connectivity index (χ3v) is 5.39. The third-order valence-electron chi connectivity index (χ3n) is 5.16. The summed E-state index contributed by atoms with van der Waals surface area (Å²) in [4.78, 5) is 20.7. The Hall–Kier alpha value is -2.37. The molecule has 6 heteroatoms. The molecular weight excluding hydrogens is 360 g/mol. The number of imidazole rings is 1. The monoisotopic (exact) mass is 382 g/mol. The molecule has 0 bridgehead atoms. The van der Waals surface area contributed by atoms with Gasteiger partial charge in [-0.1, -0.05) is 41.9 Å². The average molecular weight is 383 g/mol. The molecule has 3 aromatic rings. The first kappa shape index (κ1) is 18.0. The standard InChI is InChI=1S/C21H23ClN4O/c1-16(27)25-11-9-24(10-12-25)15-21-23-19-13-18(22)7-8-20(19)26(21)14-17-5-3-2-4-6-17/h2-8,13H,9-12,14-15H2,1H3. The van der Waals surface area contributed by atoms with E-state index >= 15 is 0 Å². The normalized spacial score (nSPS) is 15.4. The summed E-state index contributed by atoms with van der Waals surface area (Å²) in [5.41, 5.74) is 3.27. The summed E-state index contributed by atoms with van der Waals surface area (Å²) < 4.78 is 2.28. The van der Waals surface area contributed by atoms with Crippen LogP contribution in [0.25, 0.3) is 11.0 Å². The van der Waals surface area contributed by atoms with Crippen LogP contribution >= 0.6 is 11.6 Å². The maximum Gasteiger partial charge on any atom is 0.219 e. The molecule has 1 saturated heterocycles. The van der Waals surface area contributed by atoms with Gasteiger partial charge in [0, 0.05) is 44.7 Å². The summed E-state index contributed by atoms with van der Waals surface area (Å²) in [7, 11) is 0. The molecule has 2 heterocycles. The van der Waals surface area contributed by atoms with E-state index in [1.165, 1.54) is 5.56 Å². The fourth-order valence-electron chi connectivity index (χ4n) is 3.64. The van der Waals surface area contributed by atoms with Crippen molar-refractivity contribution in [2.24, 2.45) is 0 Å². The zero-order valence-corrected chi connectivity index (χ0v) is 16.2. The lowest BCUT2D eigenvalue weighted by Gasteiger charge is -2.34. The van der Waals surface area contributed by atoms with Crippen LogP contribution in [0.2, 0.25) is 5.02 Å². The molecule has 1 fully saturated rings. The average Bonchev–Trinajstić information content (AvgIpc) is 2.99. The first-order valence-corrected chi connectivity index (χ1v) is 9.64. The highest BCUT2D eigenvalue weighted by atomic mass is 35.5. The van der Waals surface area contributed by atoms with Crippen molar-refractivity contribution in [2.45, 2.75) is 20.0 Å². The van der Waals surface area contributed by atoms with Crippen molar-refractivity contribution in [3.8, 4) is 0 Å². The van der Waals surface area contributed by atoms with Gasteiger partial charge >= 0.3 is 0 Å². The maximum absolute atomic E-state index is 11.5. The van der Waals surface area contributed by atoms with Crippen molar-refractivity contribution in [1.82, 2.24) is 19.4 Å². The van der Waals surface area contributed by atoms with Gasteiger partial charge in [0.15, 0.2) is 0 Å². The predicted molar refractivity (Wildman–Crippen MR) is 108 cm³/mol. The minimum absolute atomic E-state index is 0.153. The lowest BCUT2D eigenvalue weighted by atomic mass is 10.2.